The number of hydrogen-bond donors (Lipinski definition) is 0. The number of aromatic nitrogens is 1. The Balaban J connectivity index is 2.53. The van der Waals surface area contributed by atoms with Crippen LogP contribution in [0.5, 0.6) is 5.75 Å². The molecule has 0 N–H and O–H groups in total. The number of likely N-dealkylation sites (tertiary alicyclic amines) is 1. The molecule has 0 saturated carbocycles. The van der Waals surface area contributed by atoms with Gasteiger partial charge in [0.25, 0.3) is 0 Å². The van der Waals surface area contributed by atoms with Gasteiger partial charge in [0.15, 0.2) is 5.82 Å². The van der Waals surface area contributed by atoms with Gasteiger partial charge in [-0.3, -0.25) is 15.1 Å². The van der Waals surface area contributed by atoms with Crippen LogP contribution in [0.1, 0.15) is 40.0 Å². The predicted octanol–water partition coefficient (Wildman–Crippen LogP) is 6.57. The Kier molecular flexibility index (Phi) is 13.1. The molecular weight excluding hydrogens is 600 g/mol. The van der Waals surface area contributed by atoms with E-state index in [0.29, 0.717) is 54.2 Å². The molecule has 0 spiro atoms. The number of methoxy groups -OCH3 is 1. The van der Waals surface area contributed by atoms with E-state index in [-0.39, 0.29) is 16.7 Å². The second-order valence-corrected chi connectivity index (χ2v) is 10.8. The third-order valence-corrected chi connectivity index (χ3v) is 7.76. The Morgan fingerprint density at radius 2 is 2.02 bits per heavy atom. The average Bonchev–Trinajstić information content (AvgIpc) is 2.92. The number of piperidine rings is 1. The lowest BCUT2D eigenvalue weighted by Crippen LogP contribution is -2.46. The zero-order valence-corrected chi connectivity index (χ0v) is 26.8. The third-order valence-electron chi connectivity index (χ3n) is 6.58. The van der Waals surface area contributed by atoms with E-state index in [1.54, 1.807) is 49.5 Å². The van der Waals surface area contributed by atoms with E-state index in [2.05, 4.69) is 37.3 Å². The fourth-order valence-electron chi connectivity index (χ4n) is 4.54. The summed E-state index contributed by atoms with van der Waals surface area (Å²) in [7, 11) is 7.21. The number of pyridine rings is 1. The lowest BCUT2D eigenvalue weighted by molar-refractivity contribution is -0.423. The molecule has 0 aliphatic carbocycles. The van der Waals surface area contributed by atoms with Crippen molar-refractivity contribution in [3.05, 3.63) is 86.4 Å². The number of allylic oxidation sites excluding steroid dienone is 6. The second kappa shape index (κ2) is 15.8. The molecule has 0 radical (unpaired) electrons. The molecule has 1 aromatic heterocycles. The molecule has 0 bridgehead atoms. The molecule has 0 amide bonds. The van der Waals surface area contributed by atoms with Gasteiger partial charge in [-0.25, -0.2) is 0 Å². The Bertz CT molecular complexity index is 1180. The van der Waals surface area contributed by atoms with Gasteiger partial charge in [0.05, 0.1) is 28.5 Å². The van der Waals surface area contributed by atoms with Crippen LogP contribution in [0.3, 0.4) is 0 Å². The number of ether oxygens (including phenoxy) is 2. The van der Waals surface area contributed by atoms with Crippen molar-refractivity contribution in [1.82, 2.24) is 14.8 Å². The summed E-state index contributed by atoms with van der Waals surface area (Å²) in [5.74, 6) is 1.61. The summed E-state index contributed by atoms with van der Waals surface area (Å²) in [6, 6.07) is 1.79. The first-order chi connectivity index (χ1) is 19.0. The number of alkyl halides is 1. The van der Waals surface area contributed by atoms with Gasteiger partial charge in [0.1, 0.15) is 11.4 Å². The maximum absolute atomic E-state index is 13.3. The highest BCUT2D eigenvalue weighted by atomic mass is 79.9. The van der Waals surface area contributed by atoms with Gasteiger partial charge in [0.2, 0.25) is 6.10 Å². The topological polar surface area (TPSA) is 84.2 Å². The van der Waals surface area contributed by atoms with Crippen molar-refractivity contribution in [2.24, 2.45) is 0 Å². The highest BCUT2D eigenvalue weighted by Gasteiger charge is 2.34. The molecule has 1 saturated heterocycles. The third kappa shape index (κ3) is 8.54. The molecule has 40 heavy (non-hydrogen) atoms. The average molecular weight is 641 g/mol. The fraction of sp³-hybridized carbons (Fsp3) is 0.464. The van der Waals surface area contributed by atoms with Crippen molar-refractivity contribution in [2.75, 3.05) is 39.2 Å². The molecule has 1 aliphatic heterocycles. The van der Waals surface area contributed by atoms with E-state index in [1.807, 2.05) is 43.3 Å². The van der Waals surface area contributed by atoms with Gasteiger partial charge < -0.3 is 24.2 Å². The van der Waals surface area contributed by atoms with Crippen molar-refractivity contribution >= 4 is 30.9 Å². The number of anilines is 1. The summed E-state index contributed by atoms with van der Waals surface area (Å²) in [5.41, 5.74) is 2.48. The summed E-state index contributed by atoms with van der Waals surface area (Å²) in [4.78, 5) is 22.2. The van der Waals surface area contributed by atoms with Crippen LogP contribution in [-0.4, -0.2) is 66.1 Å². The van der Waals surface area contributed by atoms with Crippen LogP contribution < -0.4 is 9.64 Å². The van der Waals surface area contributed by atoms with E-state index >= 15 is 0 Å². The van der Waals surface area contributed by atoms with Crippen molar-refractivity contribution in [1.29, 1.82) is 0 Å². The minimum absolute atomic E-state index is 0.00251. The normalized spacial score (nSPS) is 17.0. The molecule has 1 aromatic rings. The van der Waals surface area contributed by atoms with Gasteiger partial charge in [-0.2, -0.15) is 4.39 Å². The highest BCUT2D eigenvalue weighted by Crippen LogP contribution is 2.36. The number of nitrogens with zero attached hydrogens (tertiary/aromatic N) is 5. The first-order valence-electron chi connectivity index (χ1n) is 13.0. The molecule has 9 nitrogen and oxygen atoms in total. The maximum Gasteiger partial charge on any atom is 0.323 e. The van der Waals surface area contributed by atoms with E-state index in [1.165, 1.54) is 0 Å². The molecule has 220 valence electrons. The number of halogens is 2. The van der Waals surface area contributed by atoms with Crippen molar-refractivity contribution < 1.29 is 18.8 Å². The van der Waals surface area contributed by atoms with Crippen molar-refractivity contribution in [3.63, 3.8) is 0 Å². The van der Waals surface area contributed by atoms with Crippen molar-refractivity contribution in [3.8, 4) is 5.75 Å². The molecular formula is C28H40BrFN5O4P. The summed E-state index contributed by atoms with van der Waals surface area (Å²) >= 11 is 3.50. The lowest BCUT2D eigenvalue weighted by Gasteiger charge is -2.42. The van der Waals surface area contributed by atoms with Gasteiger partial charge in [-0.1, -0.05) is 28.3 Å². The van der Waals surface area contributed by atoms with Crippen LogP contribution in [0.15, 0.2) is 76.3 Å². The minimum Gasteiger partial charge on any atom is -0.494 e. The molecule has 2 unspecified atom stereocenters. The smallest absolute Gasteiger partial charge is 0.323 e. The molecule has 2 rings (SSSR count). The van der Waals surface area contributed by atoms with Gasteiger partial charge >= 0.3 is 5.70 Å². The second-order valence-electron chi connectivity index (χ2n) is 9.45. The summed E-state index contributed by atoms with van der Waals surface area (Å²) in [5, 5.41) is 12.2. The van der Waals surface area contributed by atoms with E-state index in [9.17, 15) is 14.5 Å². The minimum atomic E-state index is -1.50. The quantitative estimate of drug-likeness (QED) is 0.0788. The van der Waals surface area contributed by atoms with Gasteiger partial charge in [0, 0.05) is 51.2 Å². The van der Waals surface area contributed by atoms with Crippen LogP contribution in [-0.2, 0) is 4.74 Å². The van der Waals surface area contributed by atoms with Crippen LogP contribution in [0.4, 0.5) is 10.1 Å². The zero-order chi connectivity index (χ0) is 30.0. The van der Waals surface area contributed by atoms with Crippen LogP contribution in [0, 0.1) is 10.1 Å². The Morgan fingerprint density at radius 1 is 1.38 bits per heavy atom. The largest absolute Gasteiger partial charge is 0.494 e. The summed E-state index contributed by atoms with van der Waals surface area (Å²) in [6.07, 6.45) is 9.21. The molecule has 1 aliphatic rings. The zero-order valence-electron chi connectivity index (χ0n) is 24.1. The van der Waals surface area contributed by atoms with E-state index < -0.39 is 6.10 Å². The number of nitro groups is 1. The Labute approximate surface area is 247 Å². The summed E-state index contributed by atoms with van der Waals surface area (Å²) < 4.78 is 24.6. The lowest BCUT2D eigenvalue weighted by atomic mass is 10.0. The standard InChI is InChI=1S/C28H40BrFN5O4P/c1-8-19(3)25(29)26(35(36)37)27(32(5)6)33-16-13-22(14-17-33)34(23-18-31-15-12-24(23)38-7)21(9-2)11-10-20(4)39-28(30)40/h9-12,15,18,22,28H,2,8,13-14,16-17,40H2,1,3-7H3/b20-10+,21-11+,25-19?,27-26-. The monoisotopic (exact) mass is 639 g/mol. The SMILES string of the molecule is C=C/C(=C\C=C(/C)OC(F)P)N(c1cnccc1OC)C1CCN(/C(=C(/C(Br)=C(C)CC)[N+](=O)[O-])N(C)C)CC1. The molecule has 0 aromatic carbocycles. The first kappa shape index (κ1) is 33.3. The number of hydrogen-bond acceptors (Lipinski definition) is 8. The van der Waals surface area contributed by atoms with E-state index in [4.69, 9.17) is 9.47 Å². The van der Waals surface area contributed by atoms with Gasteiger partial charge in [-0.05, 0) is 67.3 Å². The molecule has 2 heterocycles. The Hall–Kier alpha value is -2.91. The Morgan fingerprint density at radius 3 is 2.52 bits per heavy atom. The van der Waals surface area contributed by atoms with Gasteiger partial charge in [-0.15, -0.1) is 0 Å². The highest BCUT2D eigenvalue weighted by molar-refractivity contribution is 9.12. The molecule has 2 atom stereocenters. The van der Waals surface area contributed by atoms with Crippen molar-refractivity contribution in [2.45, 2.75) is 52.2 Å². The number of rotatable bonds is 13. The molecule has 12 heteroatoms. The maximum atomic E-state index is 13.3. The fourth-order valence-corrected chi connectivity index (χ4v) is 5.35. The van der Waals surface area contributed by atoms with E-state index in [0.717, 1.165) is 17.0 Å². The van der Waals surface area contributed by atoms with Crippen LogP contribution >= 0.6 is 25.2 Å². The van der Waals surface area contributed by atoms with Crippen LogP contribution in [0.25, 0.3) is 0 Å². The first-order valence-corrected chi connectivity index (χ1v) is 14.4. The predicted molar refractivity (Wildman–Crippen MR) is 165 cm³/mol. The molecule has 1 fully saturated rings. The van der Waals surface area contributed by atoms with Crippen LogP contribution in [0.2, 0.25) is 0 Å². The summed E-state index contributed by atoms with van der Waals surface area (Å²) in [6.45, 7) is 10.7.